The lowest BCUT2D eigenvalue weighted by Crippen LogP contribution is -2.38. The average molecular weight is 234 g/mol. The van der Waals surface area contributed by atoms with E-state index in [0.29, 0.717) is 17.4 Å². The SMILES string of the molecule is NC1CCCC2CN(C(=O)c3cn[nH]c3)CC12. The number of carbonyl (C=O) groups excluding carboxylic acids is 1. The van der Waals surface area contributed by atoms with E-state index in [1.54, 1.807) is 12.4 Å². The molecular weight excluding hydrogens is 216 g/mol. The molecule has 1 amide bonds. The molecule has 1 saturated heterocycles. The summed E-state index contributed by atoms with van der Waals surface area (Å²) >= 11 is 0. The van der Waals surface area contributed by atoms with Gasteiger partial charge < -0.3 is 10.6 Å². The highest BCUT2D eigenvalue weighted by Crippen LogP contribution is 2.35. The second-order valence-corrected chi connectivity index (χ2v) is 5.22. The van der Waals surface area contributed by atoms with Crippen molar-refractivity contribution < 1.29 is 4.79 Å². The Morgan fingerprint density at radius 1 is 1.47 bits per heavy atom. The van der Waals surface area contributed by atoms with Gasteiger partial charge in [0.05, 0.1) is 11.8 Å². The lowest BCUT2D eigenvalue weighted by molar-refractivity contribution is 0.0783. The van der Waals surface area contributed by atoms with Crippen molar-refractivity contribution in [2.45, 2.75) is 25.3 Å². The van der Waals surface area contributed by atoms with E-state index in [2.05, 4.69) is 10.2 Å². The number of aromatic amines is 1. The maximum atomic E-state index is 12.2. The van der Waals surface area contributed by atoms with Crippen LogP contribution in [0.5, 0.6) is 0 Å². The van der Waals surface area contributed by atoms with Crippen molar-refractivity contribution in [3.8, 4) is 0 Å². The normalized spacial score (nSPS) is 32.5. The number of likely N-dealkylation sites (tertiary alicyclic amines) is 1. The molecule has 17 heavy (non-hydrogen) atoms. The summed E-state index contributed by atoms with van der Waals surface area (Å²) in [5, 5.41) is 6.51. The van der Waals surface area contributed by atoms with Crippen molar-refractivity contribution in [1.82, 2.24) is 15.1 Å². The number of H-pyrrole nitrogens is 1. The Morgan fingerprint density at radius 2 is 2.35 bits per heavy atom. The fraction of sp³-hybridized carbons (Fsp3) is 0.667. The Labute approximate surface area is 100 Å². The van der Waals surface area contributed by atoms with Gasteiger partial charge in [0.1, 0.15) is 0 Å². The Hall–Kier alpha value is -1.36. The van der Waals surface area contributed by atoms with E-state index in [-0.39, 0.29) is 11.9 Å². The largest absolute Gasteiger partial charge is 0.338 e. The molecule has 1 aliphatic heterocycles. The van der Waals surface area contributed by atoms with Gasteiger partial charge in [-0.15, -0.1) is 0 Å². The highest BCUT2D eigenvalue weighted by Gasteiger charge is 2.40. The molecule has 3 atom stereocenters. The third-order valence-electron chi connectivity index (χ3n) is 4.19. The van der Waals surface area contributed by atoms with E-state index in [1.165, 1.54) is 12.8 Å². The molecule has 1 saturated carbocycles. The summed E-state index contributed by atoms with van der Waals surface area (Å²) in [6, 6.07) is 0.274. The Kier molecular flexibility index (Phi) is 2.63. The summed E-state index contributed by atoms with van der Waals surface area (Å²) in [6.07, 6.45) is 6.77. The minimum absolute atomic E-state index is 0.0837. The summed E-state index contributed by atoms with van der Waals surface area (Å²) in [6.45, 7) is 1.68. The number of rotatable bonds is 1. The number of aromatic nitrogens is 2. The highest BCUT2D eigenvalue weighted by molar-refractivity contribution is 5.93. The van der Waals surface area contributed by atoms with E-state index in [1.807, 2.05) is 4.90 Å². The second kappa shape index (κ2) is 4.14. The van der Waals surface area contributed by atoms with Crippen LogP contribution < -0.4 is 5.73 Å². The van der Waals surface area contributed by atoms with Crippen LogP contribution in [0.25, 0.3) is 0 Å². The average Bonchev–Trinajstić information content (AvgIpc) is 2.98. The first-order valence-electron chi connectivity index (χ1n) is 6.29. The van der Waals surface area contributed by atoms with Gasteiger partial charge in [-0.3, -0.25) is 9.89 Å². The van der Waals surface area contributed by atoms with Gasteiger partial charge in [0, 0.05) is 25.3 Å². The van der Waals surface area contributed by atoms with Crippen molar-refractivity contribution >= 4 is 5.91 Å². The van der Waals surface area contributed by atoms with Crippen molar-refractivity contribution in [1.29, 1.82) is 0 Å². The van der Waals surface area contributed by atoms with Crippen LogP contribution in [-0.4, -0.2) is 40.1 Å². The number of nitrogens with two attached hydrogens (primary N) is 1. The van der Waals surface area contributed by atoms with Gasteiger partial charge in [-0.2, -0.15) is 5.10 Å². The molecule has 2 heterocycles. The summed E-state index contributed by atoms with van der Waals surface area (Å²) in [5.41, 5.74) is 6.79. The third-order valence-corrected chi connectivity index (χ3v) is 4.19. The molecule has 3 N–H and O–H groups in total. The minimum Gasteiger partial charge on any atom is -0.338 e. The Balaban J connectivity index is 1.73. The molecule has 0 radical (unpaired) electrons. The Morgan fingerprint density at radius 3 is 3.06 bits per heavy atom. The third kappa shape index (κ3) is 1.84. The standard InChI is InChI=1S/C12H18N4O/c13-11-3-1-2-8-6-16(7-10(8)11)12(17)9-4-14-15-5-9/h4-5,8,10-11H,1-3,6-7,13H2,(H,14,15). The van der Waals surface area contributed by atoms with Crippen LogP contribution >= 0.6 is 0 Å². The van der Waals surface area contributed by atoms with E-state index in [4.69, 9.17) is 5.73 Å². The van der Waals surface area contributed by atoms with Gasteiger partial charge in [-0.25, -0.2) is 0 Å². The lowest BCUT2D eigenvalue weighted by atomic mass is 9.78. The van der Waals surface area contributed by atoms with Gasteiger partial charge in [0.2, 0.25) is 0 Å². The topological polar surface area (TPSA) is 75.0 Å². The molecule has 1 aromatic heterocycles. The molecule has 5 nitrogen and oxygen atoms in total. The molecule has 3 rings (SSSR count). The maximum absolute atomic E-state index is 12.2. The van der Waals surface area contributed by atoms with Crippen LogP contribution in [-0.2, 0) is 0 Å². The molecule has 0 aromatic carbocycles. The van der Waals surface area contributed by atoms with Gasteiger partial charge in [-0.05, 0) is 24.7 Å². The van der Waals surface area contributed by atoms with Gasteiger partial charge in [-0.1, -0.05) is 6.42 Å². The molecule has 2 aliphatic rings. The Bertz CT molecular complexity index is 403. The van der Waals surface area contributed by atoms with Crippen LogP contribution in [0.2, 0.25) is 0 Å². The van der Waals surface area contributed by atoms with Crippen molar-refractivity contribution in [3.05, 3.63) is 18.0 Å². The number of hydrogen-bond donors (Lipinski definition) is 2. The maximum Gasteiger partial charge on any atom is 0.257 e. The number of hydrogen-bond acceptors (Lipinski definition) is 3. The molecule has 5 heteroatoms. The number of nitrogens with one attached hydrogen (secondary N) is 1. The van der Waals surface area contributed by atoms with Crippen molar-refractivity contribution in [2.24, 2.45) is 17.6 Å². The van der Waals surface area contributed by atoms with E-state index >= 15 is 0 Å². The number of carbonyl (C=O) groups is 1. The van der Waals surface area contributed by atoms with Crippen LogP contribution in [0.3, 0.4) is 0 Å². The van der Waals surface area contributed by atoms with Crippen LogP contribution in [0.15, 0.2) is 12.4 Å². The van der Waals surface area contributed by atoms with E-state index < -0.39 is 0 Å². The fourth-order valence-electron chi connectivity index (χ4n) is 3.23. The highest BCUT2D eigenvalue weighted by atomic mass is 16.2. The van der Waals surface area contributed by atoms with Crippen molar-refractivity contribution in [2.75, 3.05) is 13.1 Å². The molecule has 92 valence electrons. The summed E-state index contributed by atoms with van der Waals surface area (Å²) < 4.78 is 0. The predicted molar refractivity (Wildman–Crippen MR) is 63.3 cm³/mol. The fourth-order valence-corrected chi connectivity index (χ4v) is 3.23. The molecular formula is C12H18N4O. The van der Waals surface area contributed by atoms with Crippen LogP contribution in [0.1, 0.15) is 29.6 Å². The monoisotopic (exact) mass is 234 g/mol. The van der Waals surface area contributed by atoms with Crippen molar-refractivity contribution in [3.63, 3.8) is 0 Å². The number of amides is 1. The van der Waals surface area contributed by atoms with Gasteiger partial charge >= 0.3 is 0 Å². The van der Waals surface area contributed by atoms with Gasteiger partial charge in [0.25, 0.3) is 5.91 Å². The first-order chi connectivity index (χ1) is 8.25. The zero-order chi connectivity index (χ0) is 11.8. The number of nitrogens with zero attached hydrogens (tertiary/aromatic N) is 2. The molecule has 3 unspecified atom stereocenters. The van der Waals surface area contributed by atoms with Crippen LogP contribution in [0.4, 0.5) is 0 Å². The van der Waals surface area contributed by atoms with Gasteiger partial charge in [0.15, 0.2) is 0 Å². The van der Waals surface area contributed by atoms with E-state index in [9.17, 15) is 4.79 Å². The summed E-state index contributed by atoms with van der Waals surface area (Å²) in [5.74, 6) is 1.19. The first kappa shape index (κ1) is 10.8. The quantitative estimate of drug-likeness (QED) is 0.747. The zero-order valence-corrected chi connectivity index (χ0v) is 9.80. The van der Waals surface area contributed by atoms with Crippen LogP contribution in [0, 0.1) is 11.8 Å². The summed E-state index contributed by atoms with van der Waals surface area (Å²) in [4.78, 5) is 14.1. The smallest absolute Gasteiger partial charge is 0.257 e. The summed E-state index contributed by atoms with van der Waals surface area (Å²) in [7, 11) is 0. The molecule has 0 bridgehead atoms. The molecule has 2 fully saturated rings. The molecule has 1 aliphatic carbocycles. The second-order valence-electron chi connectivity index (χ2n) is 5.22. The molecule has 0 spiro atoms. The predicted octanol–water partition coefficient (Wildman–Crippen LogP) is 0.609. The number of fused-ring (bicyclic) bond motifs is 1. The zero-order valence-electron chi connectivity index (χ0n) is 9.80. The minimum atomic E-state index is 0.0837. The lowest BCUT2D eigenvalue weighted by Gasteiger charge is -2.29. The first-order valence-corrected chi connectivity index (χ1v) is 6.29. The van der Waals surface area contributed by atoms with E-state index in [0.717, 1.165) is 19.5 Å². The molecule has 1 aromatic rings.